The van der Waals surface area contributed by atoms with E-state index in [1.807, 2.05) is 20.8 Å². The van der Waals surface area contributed by atoms with Crippen LogP contribution < -0.4 is 10.6 Å². The van der Waals surface area contributed by atoms with Crippen molar-refractivity contribution < 1.29 is 23.9 Å². The summed E-state index contributed by atoms with van der Waals surface area (Å²) in [6.07, 6.45) is 4.76. The zero-order valence-corrected chi connectivity index (χ0v) is 22.3. The van der Waals surface area contributed by atoms with E-state index < -0.39 is 12.1 Å². The quantitative estimate of drug-likeness (QED) is 0.157. The van der Waals surface area contributed by atoms with Crippen LogP contribution in [0.15, 0.2) is 0 Å². The minimum Gasteiger partial charge on any atom is -0.465 e. The Kier molecular flexibility index (Phi) is 17.0. The van der Waals surface area contributed by atoms with Gasteiger partial charge in [0.05, 0.1) is 18.6 Å². The lowest BCUT2D eigenvalue weighted by Crippen LogP contribution is -2.53. The first-order valence-electron chi connectivity index (χ1n) is 11.1. The number of alkyl halides is 2. The van der Waals surface area contributed by atoms with Gasteiger partial charge in [0.2, 0.25) is 11.8 Å². The van der Waals surface area contributed by atoms with Crippen molar-refractivity contribution in [2.24, 2.45) is 11.8 Å². The van der Waals surface area contributed by atoms with Gasteiger partial charge in [-0.2, -0.15) is 0 Å². The van der Waals surface area contributed by atoms with Crippen molar-refractivity contribution in [3.8, 4) is 0 Å². The van der Waals surface area contributed by atoms with Crippen LogP contribution in [0.25, 0.3) is 0 Å². The molecular formula is C22H38Br2N2O5. The number of halogens is 2. The number of carbonyl (C=O) groups excluding carboxylic acids is 4. The zero-order chi connectivity index (χ0) is 23.8. The van der Waals surface area contributed by atoms with E-state index in [1.54, 1.807) is 0 Å². The smallest absolute Gasteiger partial charge is 0.310 e. The van der Waals surface area contributed by atoms with Crippen LogP contribution in [-0.4, -0.2) is 52.9 Å². The third kappa shape index (κ3) is 13.2. The number of amides is 2. The van der Waals surface area contributed by atoms with Crippen LogP contribution in [0.5, 0.6) is 0 Å². The van der Waals surface area contributed by atoms with Crippen LogP contribution in [0.4, 0.5) is 0 Å². The number of hydrogen-bond acceptors (Lipinski definition) is 5. The van der Waals surface area contributed by atoms with Gasteiger partial charge in [-0.05, 0) is 38.5 Å². The number of ketones is 1. The average molecular weight is 570 g/mol. The molecule has 0 fully saturated rings. The lowest BCUT2D eigenvalue weighted by molar-refractivity contribution is -0.147. The van der Waals surface area contributed by atoms with Gasteiger partial charge in [-0.25, -0.2) is 0 Å². The molecule has 0 aliphatic heterocycles. The molecule has 0 radical (unpaired) electrons. The summed E-state index contributed by atoms with van der Waals surface area (Å²) in [5, 5.41) is 6.69. The molecule has 2 amide bonds. The van der Waals surface area contributed by atoms with Crippen molar-refractivity contribution in [3.63, 3.8) is 0 Å². The van der Waals surface area contributed by atoms with E-state index >= 15 is 0 Å². The predicted molar refractivity (Wildman–Crippen MR) is 129 cm³/mol. The first kappa shape index (κ1) is 30.0. The molecule has 2 N–H and O–H groups in total. The maximum Gasteiger partial charge on any atom is 0.310 e. The number of esters is 1. The molecule has 7 nitrogen and oxygen atoms in total. The maximum absolute atomic E-state index is 12.6. The Morgan fingerprint density at radius 3 is 2.10 bits per heavy atom. The highest BCUT2D eigenvalue weighted by molar-refractivity contribution is 9.09. The molecular weight excluding hydrogens is 532 g/mol. The van der Waals surface area contributed by atoms with Crippen molar-refractivity contribution in [3.05, 3.63) is 0 Å². The Hall–Kier alpha value is -0.960. The van der Waals surface area contributed by atoms with Crippen LogP contribution in [0, 0.1) is 11.8 Å². The average Bonchev–Trinajstić information content (AvgIpc) is 2.71. The Labute approximate surface area is 203 Å². The third-order valence-electron chi connectivity index (χ3n) is 4.92. The van der Waals surface area contributed by atoms with Gasteiger partial charge in [0, 0.05) is 17.1 Å². The van der Waals surface area contributed by atoms with E-state index in [4.69, 9.17) is 4.74 Å². The molecule has 0 aromatic carbocycles. The fourth-order valence-electron chi connectivity index (χ4n) is 2.85. The normalized spacial score (nSPS) is 13.0. The van der Waals surface area contributed by atoms with Gasteiger partial charge >= 0.3 is 5.97 Å². The fraction of sp³-hybridized carbons (Fsp3) is 0.818. The summed E-state index contributed by atoms with van der Waals surface area (Å²) in [4.78, 5) is 48.5. The van der Waals surface area contributed by atoms with Gasteiger partial charge < -0.3 is 15.4 Å². The molecule has 0 bridgehead atoms. The van der Waals surface area contributed by atoms with E-state index in [1.165, 1.54) is 6.92 Å². The van der Waals surface area contributed by atoms with Crippen molar-refractivity contribution in [2.75, 3.05) is 17.3 Å². The molecule has 0 aromatic heterocycles. The first-order chi connectivity index (χ1) is 14.7. The summed E-state index contributed by atoms with van der Waals surface area (Å²) in [6, 6.07) is -1.19. The van der Waals surface area contributed by atoms with Gasteiger partial charge in [0.1, 0.15) is 6.04 Å². The molecule has 0 heterocycles. The van der Waals surface area contributed by atoms with E-state index in [0.29, 0.717) is 43.0 Å². The van der Waals surface area contributed by atoms with Crippen LogP contribution >= 0.6 is 31.9 Å². The first-order valence-corrected chi connectivity index (χ1v) is 13.3. The van der Waals surface area contributed by atoms with Gasteiger partial charge in [-0.15, -0.1) is 0 Å². The van der Waals surface area contributed by atoms with Gasteiger partial charge in [0.25, 0.3) is 0 Å². The SMILES string of the molecule is CCCC[C@H](NC(=O)[C@@H](NC(=O)CCCCCOC(=O)C(CBr)CBr)C(C)C)C(C)=O. The van der Waals surface area contributed by atoms with Crippen molar-refractivity contribution >= 4 is 55.4 Å². The zero-order valence-electron chi connectivity index (χ0n) is 19.2. The van der Waals surface area contributed by atoms with Crippen LogP contribution in [0.1, 0.15) is 72.6 Å². The second-order valence-corrected chi connectivity index (χ2v) is 9.38. The van der Waals surface area contributed by atoms with E-state index in [2.05, 4.69) is 42.5 Å². The highest BCUT2D eigenvalue weighted by atomic mass is 79.9. The summed E-state index contributed by atoms with van der Waals surface area (Å²) in [7, 11) is 0. The van der Waals surface area contributed by atoms with Crippen LogP contribution in [0.3, 0.4) is 0 Å². The molecule has 0 rings (SSSR count). The van der Waals surface area contributed by atoms with Gasteiger partial charge in [0.15, 0.2) is 5.78 Å². The molecule has 0 aliphatic rings. The van der Waals surface area contributed by atoms with Crippen LogP contribution in [-0.2, 0) is 23.9 Å². The molecule has 0 unspecified atom stereocenters. The van der Waals surface area contributed by atoms with E-state index in [0.717, 1.165) is 19.3 Å². The molecule has 2 atom stereocenters. The minimum atomic E-state index is -0.678. The van der Waals surface area contributed by atoms with Gasteiger partial charge in [-0.1, -0.05) is 65.5 Å². The second kappa shape index (κ2) is 17.6. The Bertz CT molecular complexity index is 568. The minimum absolute atomic E-state index is 0.0741. The van der Waals surface area contributed by atoms with Crippen molar-refractivity contribution in [1.82, 2.24) is 10.6 Å². The van der Waals surface area contributed by atoms with Crippen molar-refractivity contribution in [2.45, 2.75) is 84.7 Å². The number of rotatable bonds is 17. The van der Waals surface area contributed by atoms with Gasteiger partial charge in [-0.3, -0.25) is 19.2 Å². The Morgan fingerprint density at radius 2 is 1.58 bits per heavy atom. The number of ether oxygens (including phenoxy) is 1. The summed E-state index contributed by atoms with van der Waals surface area (Å²) >= 11 is 6.55. The lowest BCUT2D eigenvalue weighted by Gasteiger charge is -2.24. The summed E-state index contributed by atoms with van der Waals surface area (Å²) in [5.74, 6) is -1.12. The molecule has 0 aromatic rings. The van der Waals surface area contributed by atoms with Crippen LogP contribution in [0.2, 0.25) is 0 Å². The second-order valence-electron chi connectivity index (χ2n) is 8.09. The Balaban J connectivity index is 4.37. The predicted octanol–water partition coefficient (Wildman–Crippen LogP) is 3.90. The monoisotopic (exact) mass is 568 g/mol. The standard InChI is InChI=1S/C22H38Br2N2O5/c1-5-6-10-18(16(4)27)25-21(29)20(15(2)3)26-19(28)11-8-7-9-12-31-22(30)17(13-23)14-24/h15,17-18,20H,5-14H2,1-4H3,(H,25,29)(H,26,28)/t18-,20-/m0/s1. The molecule has 180 valence electrons. The fourth-order valence-corrected chi connectivity index (χ4v) is 4.45. The Morgan fingerprint density at radius 1 is 0.935 bits per heavy atom. The summed E-state index contributed by atoms with van der Waals surface area (Å²) in [6.45, 7) is 7.56. The number of hydrogen-bond donors (Lipinski definition) is 2. The largest absolute Gasteiger partial charge is 0.465 e. The van der Waals surface area contributed by atoms with E-state index in [-0.39, 0.29) is 35.4 Å². The molecule has 0 saturated carbocycles. The number of carbonyl (C=O) groups is 4. The highest BCUT2D eigenvalue weighted by Crippen LogP contribution is 2.10. The molecule has 0 spiro atoms. The molecule has 0 aliphatic carbocycles. The molecule has 9 heteroatoms. The summed E-state index contributed by atoms with van der Waals surface area (Å²) < 4.78 is 5.22. The number of unbranched alkanes of at least 4 members (excludes halogenated alkanes) is 3. The maximum atomic E-state index is 12.6. The molecule has 0 saturated heterocycles. The van der Waals surface area contributed by atoms with E-state index in [9.17, 15) is 19.2 Å². The third-order valence-corrected chi connectivity index (χ3v) is 6.48. The highest BCUT2D eigenvalue weighted by Gasteiger charge is 2.27. The number of Topliss-reactive ketones (excluding diaryl/α,β-unsaturated/α-hetero) is 1. The molecule has 31 heavy (non-hydrogen) atoms. The topological polar surface area (TPSA) is 102 Å². The van der Waals surface area contributed by atoms with Crippen molar-refractivity contribution in [1.29, 1.82) is 0 Å². The number of nitrogens with one attached hydrogen (secondary N) is 2. The lowest BCUT2D eigenvalue weighted by atomic mass is 10.0. The summed E-state index contributed by atoms with van der Waals surface area (Å²) in [5.41, 5.74) is 0.